The van der Waals surface area contributed by atoms with Crippen LogP contribution in [0.3, 0.4) is 0 Å². The number of aromatic nitrogens is 9. The molecule has 4 aromatic carbocycles. The maximum Gasteiger partial charge on any atom is 0.276 e. The smallest absolute Gasteiger partial charge is 0.276 e. The summed E-state index contributed by atoms with van der Waals surface area (Å²) in [5.41, 5.74) is 8.63. The first-order chi connectivity index (χ1) is 42.9. The molecular formula is C61H76Cl4N18O4S2. The Bertz CT molecular complexity index is 3970. The maximum absolute atomic E-state index is 11.8. The van der Waals surface area contributed by atoms with Gasteiger partial charge in [-0.15, -0.1) is 11.3 Å². The second kappa shape index (κ2) is 28.3. The Labute approximate surface area is 541 Å². The first kappa shape index (κ1) is 63.9. The molecule has 7 N–H and O–H groups in total. The number of benzene rings is 4. The molecule has 89 heavy (non-hydrogen) atoms. The second-order valence-electron chi connectivity index (χ2n) is 24.0. The van der Waals surface area contributed by atoms with Crippen molar-refractivity contribution in [1.82, 2.24) is 60.3 Å². The lowest BCUT2D eigenvalue weighted by molar-refractivity contribution is -0.129. The minimum absolute atomic E-state index is 0.133. The Hall–Kier alpha value is -6.64. The van der Waals surface area contributed by atoms with Gasteiger partial charge in [-0.3, -0.25) is 30.0 Å². The number of nitrogens with zero attached hydrogens (tertiary/aromatic N) is 12. The summed E-state index contributed by atoms with van der Waals surface area (Å²) in [7, 11) is 1.77. The molecule has 1 spiro atoms. The molecule has 28 heteroatoms. The number of H-pyrrole nitrogens is 4. The molecule has 0 unspecified atom stereocenters. The molecule has 14 rings (SSSR count). The monoisotopic (exact) mass is 1330 g/mol. The number of fused-ring (bicyclic) bond motifs is 4. The Balaban J connectivity index is 0.000000123. The number of carbonyl (C=O) groups is 2. The lowest BCUT2D eigenvalue weighted by Gasteiger charge is -2.46. The zero-order chi connectivity index (χ0) is 62.4. The summed E-state index contributed by atoms with van der Waals surface area (Å²) in [5, 5.41) is 46.8. The van der Waals surface area contributed by atoms with E-state index in [9.17, 15) is 18.0 Å². The SMILES string of the molecule is CN(C)C(=O)CC1CCN(c2cc(Cl)cc3[nH]ncc23)CC1.CNC(=O)CC1CCN(c2cc(Cl)cc3[nH]ncc23)CC1.Clc1cc(N2CCN(c3nccs3)CC2)c2cn[nH]c2c1.NS(=O)(=O)N1CCC2(CCN(c3cc(Cl)cc4[nH]ncc34)CC2)CC1. The molecular weight excluding hydrogens is 1250 g/mol. The number of hydrogen-bond donors (Lipinski definition) is 6. The third-order valence-electron chi connectivity index (χ3n) is 18.2. The Kier molecular flexibility index (Phi) is 20.3. The van der Waals surface area contributed by atoms with E-state index >= 15 is 0 Å². The number of carbonyl (C=O) groups excluding carboxylic acids is 2. The molecule has 5 fully saturated rings. The number of rotatable bonds is 10. The highest BCUT2D eigenvalue weighted by Crippen LogP contribution is 2.44. The normalized spacial score (nSPS) is 17.8. The fraction of sp³-hybridized carbons (Fsp3) is 0.459. The molecule has 5 aliphatic rings. The predicted molar refractivity (Wildman–Crippen MR) is 361 cm³/mol. The fourth-order valence-corrected chi connectivity index (χ4v) is 15.3. The van der Waals surface area contributed by atoms with Crippen LogP contribution in [0.15, 0.2) is 84.9 Å². The minimum atomic E-state index is -3.56. The Morgan fingerprint density at radius 3 is 1.28 bits per heavy atom. The molecule has 5 aliphatic heterocycles. The minimum Gasteiger partial charge on any atom is -0.371 e. The summed E-state index contributed by atoms with van der Waals surface area (Å²) in [4.78, 5) is 41.1. The maximum atomic E-state index is 11.8. The van der Waals surface area contributed by atoms with Crippen LogP contribution in [0.25, 0.3) is 43.6 Å². The van der Waals surface area contributed by atoms with Gasteiger partial charge in [0.05, 0.1) is 46.9 Å². The molecule has 0 radical (unpaired) electrons. The van der Waals surface area contributed by atoms with E-state index in [1.165, 1.54) is 4.31 Å². The van der Waals surface area contributed by atoms with Crippen LogP contribution in [0.5, 0.6) is 0 Å². The van der Waals surface area contributed by atoms with Crippen molar-refractivity contribution in [2.75, 3.05) is 124 Å². The summed E-state index contributed by atoms with van der Waals surface area (Å²) in [6.45, 7) is 10.6. The van der Waals surface area contributed by atoms with Crippen LogP contribution in [-0.4, -0.2) is 175 Å². The highest BCUT2D eigenvalue weighted by atomic mass is 35.5. The molecule has 0 aliphatic carbocycles. The molecule has 0 bridgehead atoms. The molecule has 0 saturated carbocycles. The number of piperidine rings is 4. The van der Waals surface area contributed by atoms with Gasteiger partial charge in [-0.2, -0.15) is 33.1 Å². The van der Waals surface area contributed by atoms with Crippen LogP contribution in [0, 0.1) is 17.3 Å². The number of aromatic amines is 4. The van der Waals surface area contributed by atoms with Crippen molar-refractivity contribution >= 4 is 151 Å². The lowest BCUT2D eigenvalue weighted by Crippen LogP contribution is -2.49. The van der Waals surface area contributed by atoms with E-state index in [-0.39, 0.29) is 17.2 Å². The molecule has 5 aromatic heterocycles. The van der Waals surface area contributed by atoms with Crippen LogP contribution in [-0.2, 0) is 19.8 Å². The number of amides is 2. The van der Waals surface area contributed by atoms with E-state index in [2.05, 4.69) is 75.6 Å². The van der Waals surface area contributed by atoms with E-state index in [1.807, 2.05) is 99.0 Å². The van der Waals surface area contributed by atoms with Gasteiger partial charge in [-0.05, 0) is 117 Å². The summed E-state index contributed by atoms with van der Waals surface area (Å²) < 4.78 is 24.4. The van der Waals surface area contributed by atoms with Gasteiger partial charge in [0.1, 0.15) is 0 Å². The van der Waals surface area contributed by atoms with Gasteiger partial charge in [-0.25, -0.2) is 10.1 Å². The van der Waals surface area contributed by atoms with Gasteiger partial charge in [0.15, 0.2) is 5.13 Å². The van der Waals surface area contributed by atoms with E-state index in [1.54, 1.807) is 23.3 Å². The lowest BCUT2D eigenvalue weighted by atomic mass is 9.71. The van der Waals surface area contributed by atoms with Crippen LogP contribution in [0.1, 0.15) is 64.2 Å². The topological polar surface area (TPSA) is 257 Å². The van der Waals surface area contributed by atoms with E-state index in [0.29, 0.717) is 47.8 Å². The van der Waals surface area contributed by atoms with Crippen LogP contribution >= 0.6 is 57.7 Å². The number of thiazole rings is 1. The number of halogens is 4. The van der Waals surface area contributed by atoms with Gasteiger partial charge in [-0.1, -0.05) is 46.4 Å². The highest BCUT2D eigenvalue weighted by Gasteiger charge is 2.40. The van der Waals surface area contributed by atoms with Crippen molar-refractivity contribution in [3.8, 4) is 0 Å². The Morgan fingerprint density at radius 2 is 0.921 bits per heavy atom. The highest BCUT2D eigenvalue weighted by molar-refractivity contribution is 7.86. The van der Waals surface area contributed by atoms with Crippen LogP contribution in [0.2, 0.25) is 20.1 Å². The summed E-state index contributed by atoms with van der Waals surface area (Å²) >= 11 is 26.6. The molecule has 5 saturated heterocycles. The molecule has 474 valence electrons. The summed E-state index contributed by atoms with van der Waals surface area (Å²) in [6, 6.07) is 15.6. The largest absolute Gasteiger partial charge is 0.371 e. The first-order valence-electron chi connectivity index (χ1n) is 30.2. The third-order valence-corrected chi connectivity index (χ3v) is 21.0. The summed E-state index contributed by atoms with van der Waals surface area (Å²) in [5.74, 6) is 1.30. The van der Waals surface area contributed by atoms with Crippen molar-refractivity contribution in [1.29, 1.82) is 0 Å². The van der Waals surface area contributed by atoms with Crippen molar-refractivity contribution in [3.05, 3.63) is 105 Å². The zero-order valence-electron chi connectivity index (χ0n) is 50.2. The van der Waals surface area contributed by atoms with Gasteiger partial charge < -0.3 is 34.7 Å². The second-order valence-corrected chi connectivity index (χ2v) is 28.1. The van der Waals surface area contributed by atoms with Crippen molar-refractivity contribution in [3.63, 3.8) is 0 Å². The summed E-state index contributed by atoms with van der Waals surface area (Å²) in [6.07, 6.45) is 18.5. The van der Waals surface area contributed by atoms with E-state index < -0.39 is 10.2 Å². The quantitative estimate of drug-likeness (QED) is 0.0745. The molecule has 9 aromatic rings. The van der Waals surface area contributed by atoms with Gasteiger partial charge >= 0.3 is 0 Å². The standard InChI is InChI=1S/C16H22ClN5O2S.C16H21ClN4O.C15H19ClN4O.C14H14ClN5S/c17-12-9-14-13(11-19-20-14)15(10-12)21-5-1-16(2-6-21)3-7-22(8-4-16)25(18,23)24;1-20(2)16(22)7-11-3-5-21(6-4-11)15-9-12(17)8-14-13(15)10-18-19-14;1-17-15(21)6-10-2-4-20(5-3-10)14-8-11(16)7-13-12(14)9-18-19-13;15-10-7-12-11(9-17-18-12)13(8-10)19-2-4-20(5-3-19)14-16-1-6-21-14/h9-11H,1-8H2,(H,19,20)(H2,18,23,24);8-11H,3-7H2,1-2H3,(H,18,19);7-10H,2-6H2,1H3,(H,17,21)(H,18,19);1,6-9H,2-5H2,(H,17,18). The van der Waals surface area contributed by atoms with Crippen molar-refractivity contribution in [2.45, 2.75) is 64.2 Å². The van der Waals surface area contributed by atoms with Gasteiger partial charge in [0.2, 0.25) is 11.8 Å². The van der Waals surface area contributed by atoms with Crippen molar-refractivity contribution in [2.24, 2.45) is 22.4 Å². The first-order valence-corrected chi connectivity index (χ1v) is 34.1. The van der Waals surface area contributed by atoms with Crippen molar-refractivity contribution < 1.29 is 18.0 Å². The molecule has 22 nitrogen and oxygen atoms in total. The third kappa shape index (κ3) is 15.4. The number of piperazine rings is 1. The fourth-order valence-electron chi connectivity index (χ4n) is 13.0. The Morgan fingerprint density at radius 1 is 0.562 bits per heavy atom. The number of nitrogens with one attached hydrogen (secondary N) is 5. The van der Waals surface area contributed by atoms with E-state index in [0.717, 1.165) is 198 Å². The van der Waals surface area contributed by atoms with Gasteiger partial charge in [0, 0.05) is 188 Å². The molecule has 10 heterocycles. The van der Waals surface area contributed by atoms with Gasteiger partial charge in [0.25, 0.3) is 10.2 Å². The molecule has 2 amide bonds. The number of anilines is 5. The average molecular weight is 1330 g/mol. The van der Waals surface area contributed by atoms with Crippen LogP contribution < -0.4 is 35.0 Å². The van der Waals surface area contributed by atoms with E-state index in [4.69, 9.17) is 51.5 Å². The molecule has 0 atom stereocenters. The predicted octanol–water partition coefficient (Wildman–Crippen LogP) is 10.6. The number of nitrogens with two attached hydrogens (primary N) is 1. The average Bonchev–Trinajstić information content (AvgIpc) is 2.42. The number of hydrogen-bond acceptors (Lipinski definition) is 15. The zero-order valence-corrected chi connectivity index (χ0v) is 54.9. The van der Waals surface area contributed by atoms with Crippen LogP contribution in [0.4, 0.5) is 27.9 Å².